The third-order valence-corrected chi connectivity index (χ3v) is 9.18. The number of nitro benzene ring substituents is 3. The van der Waals surface area contributed by atoms with Gasteiger partial charge in [-0.2, -0.15) is 5.01 Å². The number of aryl methyl sites for hydroxylation is 1. The first-order valence-corrected chi connectivity index (χ1v) is 16.3. The molecule has 50 heavy (non-hydrogen) atoms. The molecule has 0 amide bonds. The Hall–Kier alpha value is -5.44. The second-order valence-electron chi connectivity index (χ2n) is 12.6. The van der Waals surface area contributed by atoms with E-state index < -0.39 is 31.9 Å². The van der Waals surface area contributed by atoms with E-state index in [4.69, 9.17) is 9.68 Å². The standard InChI is InChI=1S/C29H39N11O10/c1-22-2-8-28(26(18-22)37(43)44)49-31-39(47)35-16-12-33(13-17-35)21-24-5-3-23(4-6-24)20-32-10-14-34(15-11-32)30-40(48)50-29-9-7-25(36(41)42)19-27(29)38(45)46/h2,7-9,18-19,23-24H,3-6,10-17,20-21H2,1H3/b39-31-,40-30+. The normalized spacial score (nSPS) is 21.1. The molecule has 0 spiro atoms. The second-order valence-corrected chi connectivity index (χ2v) is 12.6. The number of piperazine rings is 2. The summed E-state index contributed by atoms with van der Waals surface area (Å²) in [7, 11) is 0. The maximum Gasteiger partial charge on any atom is 0.314 e. The van der Waals surface area contributed by atoms with Crippen LogP contribution in [0.5, 0.6) is 11.5 Å². The Morgan fingerprint density at radius 1 is 0.700 bits per heavy atom. The molecule has 21 heteroatoms. The Morgan fingerprint density at radius 3 is 1.80 bits per heavy atom. The molecule has 2 saturated heterocycles. The summed E-state index contributed by atoms with van der Waals surface area (Å²) >= 11 is 0. The minimum absolute atomic E-state index is 0.0930. The molecule has 2 aliphatic heterocycles. The molecule has 3 aliphatic rings. The van der Waals surface area contributed by atoms with Crippen molar-refractivity contribution in [3.8, 4) is 11.5 Å². The molecule has 2 aromatic carbocycles. The van der Waals surface area contributed by atoms with Crippen LogP contribution in [0.3, 0.4) is 0 Å². The number of hydrazine groups is 1. The molecule has 2 heterocycles. The van der Waals surface area contributed by atoms with Crippen molar-refractivity contribution in [2.45, 2.75) is 32.6 Å². The summed E-state index contributed by atoms with van der Waals surface area (Å²) in [6, 6.07) is 7.16. The van der Waals surface area contributed by atoms with Gasteiger partial charge >= 0.3 is 5.69 Å². The maximum atomic E-state index is 12.5. The monoisotopic (exact) mass is 701 g/mol. The van der Waals surface area contributed by atoms with E-state index in [1.54, 1.807) is 13.0 Å². The third-order valence-electron chi connectivity index (χ3n) is 9.18. The Morgan fingerprint density at radius 2 is 1.24 bits per heavy atom. The molecule has 0 atom stereocenters. The van der Waals surface area contributed by atoms with E-state index >= 15 is 0 Å². The van der Waals surface area contributed by atoms with E-state index in [2.05, 4.69) is 20.3 Å². The first kappa shape index (κ1) is 35.9. The van der Waals surface area contributed by atoms with E-state index in [-0.39, 0.29) is 16.5 Å². The van der Waals surface area contributed by atoms with Crippen LogP contribution in [0.15, 0.2) is 46.9 Å². The van der Waals surface area contributed by atoms with Gasteiger partial charge in [-0.25, -0.2) is 0 Å². The van der Waals surface area contributed by atoms with Gasteiger partial charge in [-0.05, 0) is 62.1 Å². The summed E-state index contributed by atoms with van der Waals surface area (Å²) in [5, 5.41) is 68.6. The fourth-order valence-electron chi connectivity index (χ4n) is 6.45. The van der Waals surface area contributed by atoms with Crippen molar-refractivity contribution in [2.75, 3.05) is 65.4 Å². The highest BCUT2D eigenvalue weighted by molar-refractivity contribution is 5.53. The summed E-state index contributed by atoms with van der Waals surface area (Å²) in [5.74, 6) is 0.594. The molecule has 0 radical (unpaired) electrons. The lowest BCUT2D eigenvalue weighted by Gasteiger charge is -2.37. The smallest absolute Gasteiger partial charge is 0.314 e. The summed E-state index contributed by atoms with van der Waals surface area (Å²) in [6.07, 6.45) is 4.45. The number of nitro groups is 3. The summed E-state index contributed by atoms with van der Waals surface area (Å²) in [5.41, 5.74) is -0.764. The summed E-state index contributed by atoms with van der Waals surface area (Å²) < 4.78 is 0. The van der Waals surface area contributed by atoms with Crippen LogP contribution in [0.1, 0.15) is 31.2 Å². The van der Waals surface area contributed by atoms with Crippen molar-refractivity contribution in [2.24, 2.45) is 22.3 Å². The molecule has 0 N–H and O–H groups in total. The fourth-order valence-corrected chi connectivity index (χ4v) is 6.45. The first-order chi connectivity index (χ1) is 23.9. The van der Waals surface area contributed by atoms with Gasteiger partial charge in [0.15, 0.2) is 0 Å². The van der Waals surface area contributed by atoms with E-state index in [1.807, 2.05) is 0 Å². The number of hydrogen-bond acceptors (Lipinski definition) is 14. The highest BCUT2D eigenvalue weighted by Gasteiger charge is 2.30. The van der Waals surface area contributed by atoms with Gasteiger partial charge in [0, 0.05) is 51.4 Å². The number of hydrogen-bond donors (Lipinski definition) is 0. The van der Waals surface area contributed by atoms with E-state index in [9.17, 15) is 40.8 Å². The minimum atomic E-state index is -0.866. The van der Waals surface area contributed by atoms with Crippen molar-refractivity contribution >= 4 is 17.1 Å². The van der Waals surface area contributed by atoms with Gasteiger partial charge in [0.1, 0.15) is 24.1 Å². The van der Waals surface area contributed by atoms with E-state index in [1.165, 1.54) is 22.2 Å². The second kappa shape index (κ2) is 16.3. The van der Waals surface area contributed by atoms with Crippen LogP contribution in [0, 0.1) is 59.5 Å². The molecule has 5 rings (SSSR count). The zero-order valence-electron chi connectivity index (χ0n) is 27.5. The van der Waals surface area contributed by atoms with Crippen molar-refractivity contribution in [3.63, 3.8) is 0 Å². The molecular formula is C29H39N11O10. The van der Waals surface area contributed by atoms with Crippen LogP contribution < -0.4 is 9.68 Å². The molecule has 270 valence electrons. The average Bonchev–Trinajstić information content (AvgIpc) is 3.09. The average molecular weight is 702 g/mol. The van der Waals surface area contributed by atoms with Gasteiger partial charge in [0.05, 0.1) is 43.9 Å². The van der Waals surface area contributed by atoms with E-state index in [0.717, 1.165) is 57.0 Å². The molecule has 2 aromatic rings. The maximum absolute atomic E-state index is 12.5. The molecule has 0 aromatic heterocycles. The van der Waals surface area contributed by atoms with Crippen LogP contribution in [0.2, 0.25) is 0 Å². The van der Waals surface area contributed by atoms with Crippen molar-refractivity contribution < 1.29 is 34.4 Å². The summed E-state index contributed by atoms with van der Waals surface area (Å²) in [4.78, 5) is 46.4. The SMILES string of the molecule is Cc1ccc(O/N=[N+](\[O-])N2CCN(CC3CCC(CN4CCN(/N=[N+](\[O-])Oc5ccc([N+](=O)[O-])cc5[N+](=O)[O-])CC4)CC3)CC2)c([N+](=O)[O-])c1. The fraction of sp³-hybridized carbons (Fsp3) is 0.586. The molecular weight excluding hydrogens is 662 g/mol. The van der Waals surface area contributed by atoms with Crippen molar-refractivity contribution in [1.82, 2.24) is 19.8 Å². The van der Waals surface area contributed by atoms with Gasteiger partial charge < -0.3 is 15.3 Å². The van der Waals surface area contributed by atoms with Crippen molar-refractivity contribution in [3.05, 3.63) is 82.7 Å². The van der Waals surface area contributed by atoms with Gasteiger partial charge in [-0.15, -0.1) is 5.01 Å². The van der Waals surface area contributed by atoms with Gasteiger partial charge in [-0.3, -0.25) is 45.0 Å². The Bertz CT molecular complexity index is 1600. The summed E-state index contributed by atoms with van der Waals surface area (Å²) in [6.45, 7) is 8.28. The van der Waals surface area contributed by atoms with Crippen LogP contribution in [0.25, 0.3) is 0 Å². The molecule has 1 saturated carbocycles. The highest BCUT2D eigenvalue weighted by atomic mass is 16.9. The predicted molar refractivity (Wildman–Crippen MR) is 172 cm³/mol. The number of rotatable bonds is 13. The van der Waals surface area contributed by atoms with Gasteiger partial charge in [0.2, 0.25) is 11.0 Å². The molecule has 3 fully saturated rings. The first-order valence-electron chi connectivity index (χ1n) is 16.3. The largest absolute Gasteiger partial charge is 0.569 e. The van der Waals surface area contributed by atoms with Crippen molar-refractivity contribution in [1.29, 1.82) is 0 Å². The predicted octanol–water partition coefficient (Wildman–Crippen LogP) is 3.80. The zero-order chi connectivity index (χ0) is 35.8. The van der Waals surface area contributed by atoms with Crippen LogP contribution in [0.4, 0.5) is 17.1 Å². The third kappa shape index (κ3) is 9.59. The topological polar surface area (TPSA) is 238 Å². The zero-order valence-corrected chi connectivity index (χ0v) is 27.5. The number of nitrogens with zero attached hydrogens (tertiary/aromatic N) is 11. The van der Waals surface area contributed by atoms with Crippen LogP contribution in [-0.4, -0.2) is 110 Å². The van der Waals surface area contributed by atoms with Gasteiger partial charge in [-0.1, -0.05) is 6.07 Å². The number of benzene rings is 2. The number of non-ortho nitro benzene ring substituents is 1. The van der Waals surface area contributed by atoms with Crippen LogP contribution in [-0.2, 0) is 0 Å². The minimum Gasteiger partial charge on any atom is -0.569 e. The lowest BCUT2D eigenvalue weighted by atomic mass is 9.81. The van der Waals surface area contributed by atoms with Crippen LogP contribution >= 0.6 is 0 Å². The molecule has 0 unspecified atom stereocenters. The van der Waals surface area contributed by atoms with E-state index in [0.29, 0.717) is 74.7 Å². The molecule has 21 nitrogen and oxygen atoms in total. The van der Waals surface area contributed by atoms with Gasteiger partial charge in [0.25, 0.3) is 11.4 Å². The Balaban J connectivity index is 0.987. The Labute approximate surface area is 286 Å². The lowest BCUT2D eigenvalue weighted by Crippen LogP contribution is -2.50. The quantitative estimate of drug-likeness (QED) is 0.125. The lowest BCUT2D eigenvalue weighted by molar-refractivity contribution is -0.756. The highest BCUT2D eigenvalue weighted by Crippen LogP contribution is 2.32. The molecule has 0 bridgehead atoms. The molecule has 1 aliphatic carbocycles. The Kier molecular flexibility index (Phi) is 11.7.